The zero-order valence-corrected chi connectivity index (χ0v) is 12.4. The Morgan fingerprint density at radius 3 is 2.19 bits per heavy atom. The number of nitrogens with two attached hydrogens (primary N) is 1. The molecule has 0 unspecified atom stereocenters. The predicted molar refractivity (Wildman–Crippen MR) is 71.6 cm³/mol. The van der Waals surface area contributed by atoms with E-state index in [2.05, 4.69) is 0 Å². The Kier molecular flexibility index (Phi) is 4.90. The third-order valence-corrected chi connectivity index (χ3v) is 5.74. The van der Waals surface area contributed by atoms with Crippen molar-refractivity contribution in [3.8, 4) is 0 Å². The van der Waals surface area contributed by atoms with Gasteiger partial charge in [-0.05, 0) is 17.7 Å². The smallest absolute Gasteiger partial charge is 0.326 e. The van der Waals surface area contributed by atoms with Gasteiger partial charge in [0.05, 0.1) is 11.3 Å². The van der Waals surface area contributed by atoms with E-state index >= 15 is 0 Å². The van der Waals surface area contributed by atoms with E-state index in [-0.39, 0.29) is 12.1 Å². The summed E-state index contributed by atoms with van der Waals surface area (Å²) in [5.74, 6) is 0. The lowest BCUT2D eigenvalue weighted by Crippen LogP contribution is -2.24. The van der Waals surface area contributed by atoms with E-state index in [0.717, 1.165) is 6.07 Å². The van der Waals surface area contributed by atoms with Gasteiger partial charge >= 0.3 is 6.18 Å². The summed E-state index contributed by atoms with van der Waals surface area (Å²) in [6.45, 7) is -0.153. The highest BCUT2D eigenvalue weighted by Crippen LogP contribution is 2.36. The molecule has 0 aliphatic heterocycles. The molecule has 0 aliphatic rings. The monoisotopic (exact) mass is 346 g/mol. The third kappa shape index (κ3) is 5.52. The van der Waals surface area contributed by atoms with Crippen LogP contribution < -0.4 is 10.5 Å². The van der Waals surface area contributed by atoms with Gasteiger partial charge in [-0.3, -0.25) is 4.72 Å². The van der Waals surface area contributed by atoms with Crippen LogP contribution in [0.2, 0.25) is 0 Å². The van der Waals surface area contributed by atoms with Gasteiger partial charge in [-0.25, -0.2) is 16.8 Å². The fraction of sp³-hybridized carbons (Fsp3) is 0.400. The fourth-order valence-corrected chi connectivity index (χ4v) is 4.52. The molecular weight excluding hydrogens is 333 g/mol. The molecular formula is C10H13F3N2O4S2. The molecule has 1 aromatic rings. The second kappa shape index (κ2) is 5.81. The Morgan fingerprint density at radius 2 is 1.76 bits per heavy atom. The first-order valence-corrected chi connectivity index (χ1v) is 9.14. The number of halogens is 3. The summed E-state index contributed by atoms with van der Waals surface area (Å²) in [7, 11) is -8.38. The average molecular weight is 346 g/mol. The lowest BCUT2D eigenvalue weighted by Gasteiger charge is -2.15. The van der Waals surface area contributed by atoms with E-state index in [0.29, 0.717) is 12.3 Å². The van der Waals surface area contributed by atoms with E-state index in [9.17, 15) is 30.0 Å². The molecule has 0 saturated carbocycles. The van der Waals surface area contributed by atoms with Gasteiger partial charge in [-0.2, -0.15) is 13.2 Å². The number of nitrogens with one attached hydrogen (secondary N) is 1. The van der Waals surface area contributed by atoms with Crippen LogP contribution in [0, 0.1) is 0 Å². The maximum atomic E-state index is 12.9. The standard InChI is InChI=1S/C10H13F3N2O4S2/c1-20(16,17)6-21(18,19)15-9-3-2-7(5-14)4-8(9)10(11,12)13/h2-4,15H,5-6,14H2,1H3. The zero-order valence-electron chi connectivity index (χ0n) is 10.8. The highest BCUT2D eigenvalue weighted by atomic mass is 32.3. The first-order chi connectivity index (χ1) is 9.34. The lowest BCUT2D eigenvalue weighted by atomic mass is 10.1. The average Bonchev–Trinajstić information content (AvgIpc) is 2.24. The van der Waals surface area contributed by atoms with Gasteiger partial charge in [0.2, 0.25) is 10.0 Å². The quantitative estimate of drug-likeness (QED) is 0.824. The van der Waals surface area contributed by atoms with E-state index in [1.165, 1.54) is 6.07 Å². The fourth-order valence-electron chi connectivity index (χ4n) is 1.52. The Balaban J connectivity index is 3.26. The second-order valence-electron chi connectivity index (χ2n) is 4.34. The lowest BCUT2D eigenvalue weighted by molar-refractivity contribution is -0.136. The van der Waals surface area contributed by atoms with Crippen LogP contribution in [-0.2, 0) is 32.6 Å². The number of benzene rings is 1. The van der Waals surface area contributed by atoms with Crippen LogP contribution in [0.3, 0.4) is 0 Å². The van der Waals surface area contributed by atoms with Crippen LogP contribution in [0.15, 0.2) is 18.2 Å². The van der Waals surface area contributed by atoms with Gasteiger partial charge in [0.1, 0.15) is 0 Å². The topological polar surface area (TPSA) is 106 Å². The summed E-state index contributed by atoms with van der Waals surface area (Å²) >= 11 is 0. The van der Waals surface area contributed by atoms with Crippen molar-refractivity contribution in [3.05, 3.63) is 29.3 Å². The third-order valence-electron chi connectivity index (χ3n) is 2.26. The summed E-state index contributed by atoms with van der Waals surface area (Å²) in [6.07, 6.45) is -4.15. The minimum atomic E-state index is -4.81. The largest absolute Gasteiger partial charge is 0.418 e. The molecule has 0 fully saturated rings. The zero-order chi connectivity index (χ0) is 16.5. The van der Waals surface area contributed by atoms with Crippen molar-refractivity contribution in [2.45, 2.75) is 12.7 Å². The van der Waals surface area contributed by atoms with Gasteiger partial charge in [0, 0.05) is 12.8 Å². The molecule has 6 nitrogen and oxygen atoms in total. The van der Waals surface area contributed by atoms with E-state index in [1.807, 2.05) is 0 Å². The SMILES string of the molecule is CS(=O)(=O)CS(=O)(=O)Nc1ccc(CN)cc1C(F)(F)F. The summed E-state index contributed by atoms with van der Waals surface area (Å²) in [5.41, 5.74) is 3.42. The van der Waals surface area contributed by atoms with Crippen LogP contribution in [0.5, 0.6) is 0 Å². The van der Waals surface area contributed by atoms with Crippen molar-refractivity contribution in [1.82, 2.24) is 0 Å². The molecule has 0 amide bonds. The summed E-state index contributed by atoms with van der Waals surface area (Å²) < 4.78 is 85.3. The molecule has 0 saturated heterocycles. The molecule has 120 valence electrons. The molecule has 1 aromatic carbocycles. The van der Waals surface area contributed by atoms with Crippen LogP contribution in [0.1, 0.15) is 11.1 Å². The number of anilines is 1. The van der Waals surface area contributed by atoms with Crippen molar-refractivity contribution in [2.24, 2.45) is 5.73 Å². The Morgan fingerprint density at radius 1 is 1.19 bits per heavy atom. The minimum absolute atomic E-state index is 0.153. The van der Waals surface area contributed by atoms with Gasteiger partial charge in [0.25, 0.3) is 0 Å². The van der Waals surface area contributed by atoms with Gasteiger partial charge in [0.15, 0.2) is 14.9 Å². The summed E-state index contributed by atoms with van der Waals surface area (Å²) in [5, 5.41) is -1.31. The first-order valence-electron chi connectivity index (χ1n) is 5.42. The number of sulfone groups is 1. The summed E-state index contributed by atoms with van der Waals surface area (Å²) in [6, 6.07) is 2.82. The molecule has 0 aliphatic carbocycles. The number of sulfonamides is 1. The van der Waals surface area contributed by atoms with Crippen molar-refractivity contribution in [2.75, 3.05) is 16.1 Å². The van der Waals surface area contributed by atoms with Crippen LogP contribution in [0.4, 0.5) is 18.9 Å². The van der Waals surface area contributed by atoms with Crippen molar-refractivity contribution >= 4 is 25.5 Å². The maximum Gasteiger partial charge on any atom is 0.418 e. The van der Waals surface area contributed by atoms with Gasteiger partial charge in [-0.15, -0.1) is 0 Å². The van der Waals surface area contributed by atoms with Crippen molar-refractivity contribution < 1.29 is 30.0 Å². The number of hydrogen-bond acceptors (Lipinski definition) is 5. The van der Waals surface area contributed by atoms with E-state index in [4.69, 9.17) is 5.73 Å². The molecule has 3 N–H and O–H groups in total. The molecule has 21 heavy (non-hydrogen) atoms. The molecule has 1 rings (SSSR count). The van der Waals surface area contributed by atoms with Crippen LogP contribution in [-0.4, -0.2) is 28.2 Å². The Bertz CT molecular complexity index is 727. The predicted octanol–water partition coefficient (Wildman–Crippen LogP) is 0.908. The Hall–Kier alpha value is -1.33. The highest BCUT2D eigenvalue weighted by molar-refractivity contribution is 8.08. The first kappa shape index (κ1) is 17.7. The minimum Gasteiger partial charge on any atom is -0.326 e. The molecule has 0 aromatic heterocycles. The summed E-state index contributed by atoms with van der Waals surface area (Å²) in [4.78, 5) is 0. The van der Waals surface area contributed by atoms with Crippen molar-refractivity contribution in [3.63, 3.8) is 0 Å². The maximum absolute atomic E-state index is 12.9. The van der Waals surface area contributed by atoms with Gasteiger partial charge in [-0.1, -0.05) is 6.07 Å². The number of rotatable bonds is 5. The van der Waals surface area contributed by atoms with E-state index in [1.54, 1.807) is 4.72 Å². The van der Waals surface area contributed by atoms with Crippen LogP contribution in [0.25, 0.3) is 0 Å². The van der Waals surface area contributed by atoms with Crippen molar-refractivity contribution in [1.29, 1.82) is 0 Å². The van der Waals surface area contributed by atoms with Crippen LogP contribution >= 0.6 is 0 Å². The number of alkyl halides is 3. The molecule has 0 bridgehead atoms. The highest BCUT2D eigenvalue weighted by Gasteiger charge is 2.35. The second-order valence-corrected chi connectivity index (χ2v) is 8.57. The van der Waals surface area contributed by atoms with Gasteiger partial charge < -0.3 is 5.73 Å². The normalized spacial score (nSPS) is 13.2. The van der Waals surface area contributed by atoms with E-state index < -0.39 is 42.4 Å². The number of hydrogen-bond donors (Lipinski definition) is 2. The molecule has 0 radical (unpaired) electrons. The Labute approximate surface area is 120 Å². The molecule has 11 heteroatoms. The molecule has 0 heterocycles. The molecule has 0 atom stereocenters. The molecule has 0 spiro atoms.